The highest BCUT2D eigenvalue weighted by molar-refractivity contribution is 4.90. The SMILES string of the molecule is CC1CCCC12CCCCCCC2. The summed E-state index contributed by atoms with van der Waals surface area (Å²) in [6.45, 7) is 2.51. The Balaban J connectivity index is 2.00. The smallest absolute Gasteiger partial charge is 0.0272 e. The molecule has 0 aliphatic heterocycles. The Morgan fingerprint density at radius 2 is 1.31 bits per heavy atom. The first kappa shape index (κ1) is 9.55. The zero-order chi connectivity index (χ0) is 9.15. The van der Waals surface area contributed by atoms with Gasteiger partial charge in [0, 0.05) is 0 Å². The molecule has 0 amide bonds. The molecule has 1 spiro atoms. The van der Waals surface area contributed by atoms with Gasteiger partial charge in [-0.1, -0.05) is 51.9 Å². The molecule has 2 aliphatic rings. The van der Waals surface area contributed by atoms with Crippen LogP contribution in [0.5, 0.6) is 0 Å². The molecule has 0 aromatic carbocycles. The third-order valence-electron chi connectivity index (χ3n) is 4.71. The van der Waals surface area contributed by atoms with Crippen molar-refractivity contribution in [3.8, 4) is 0 Å². The maximum absolute atomic E-state index is 2.51. The monoisotopic (exact) mass is 180 g/mol. The molecular formula is C13H24. The topological polar surface area (TPSA) is 0 Å². The third-order valence-corrected chi connectivity index (χ3v) is 4.71. The zero-order valence-electron chi connectivity index (χ0n) is 9.15. The van der Waals surface area contributed by atoms with E-state index in [1.807, 2.05) is 0 Å². The van der Waals surface area contributed by atoms with Crippen LogP contribution in [0.2, 0.25) is 0 Å². The third kappa shape index (κ3) is 1.92. The largest absolute Gasteiger partial charge is 0.0620 e. The van der Waals surface area contributed by atoms with Crippen molar-refractivity contribution >= 4 is 0 Å². The molecule has 2 fully saturated rings. The van der Waals surface area contributed by atoms with Crippen molar-refractivity contribution in [1.29, 1.82) is 0 Å². The number of rotatable bonds is 0. The fraction of sp³-hybridized carbons (Fsp3) is 1.00. The minimum atomic E-state index is 0.806. The van der Waals surface area contributed by atoms with Crippen LogP contribution in [0.15, 0.2) is 0 Å². The molecule has 0 N–H and O–H groups in total. The molecule has 0 aromatic rings. The molecule has 2 aliphatic carbocycles. The average Bonchev–Trinajstić information content (AvgIpc) is 2.42. The van der Waals surface area contributed by atoms with Gasteiger partial charge >= 0.3 is 0 Å². The molecule has 2 saturated carbocycles. The lowest BCUT2D eigenvalue weighted by molar-refractivity contribution is 0.156. The Bertz CT molecular complexity index is 151. The molecule has 0 aromatic heterocycles. The van der Waals surface area contributed by atoms with E-state index in [9.17, 15) is 0 Å². The van der Waals surface area contributed by atoms with Crippen LogP contribution in [0.1, 0.15) is 71.1 Å². The van der Waals surface area contributed by atoms with Crippen LogP contribution in [-0.2, 0) is 0 Å². The molecule has 2 rings (SSSR count). The summed E-state index contributed by atoms with van der Waals surface area (Å²) in [6, 6.07) is 0. The maximum Gasteiger partial charge on any atom is -0.0272 e. The summed E-state index contributed by atoms with van der Waals surface area (Å²) in [5.41, 5.74) is 0.806. The van der Waals surface area contributed by atoms with Gasteiger partial charge in [-0.25, -0.2) is 0 Å². The summed E-state index contributed by atoms with van der Waals surface area (Å²) >= 11 is 0. The van der Waals surface area contributed by atoms with Crippen molar-refractivity contribution in [2.45, 2.75) is 71.1 Å². The Hall–Kier alpha value is 0. The minimum absolute atomic E-state index is 0.806. The van der Waals surface area contributed by atoms with Gasteiger partial charge in [-0.3, -0.25) is 0 Å². The van der Waals surface area contributed by atoms with Gasteiger partial charge < -0.3 is 0 Å². The van der Waals surface area contributed by atoms with Crippen LogP contribution in [-0.4, -0.2) is 0 Å². The summed E-state index contributed by atoms with van der Waals surface area (Å²) in [7, 11) is 0. The van der Waals surface area contributed by atoms with E-state index in [2.05, 4.69) is 6.92 Å². The van der Waals surface area contributed by atoms with Crippen LogP contribution >= 0.6 is 0 Å². The Morgan fingerprint density at radius 1 is 0.769 bits per heavy atom. The van der Waals surface area contributed by atoms with Gasteiger partial charge in [-0.2, -0.15) is 0 Å². The second kappa shape index (κ2) is 4.02. The van der Waals surface area contributed by atoms with Crippen molar-refractivity contribution in [2.75, 3.05) is 0 Å². The highest BCUT2D eigenvalue weighted by Crippen LogP contribution is 2.51. The quantitative estimate of drug-likeness (QED) is 0.513. The van der Waals surface area contributed by atoms with E-state index >= 15 is 0 Å². The van der Waals surface area contributed by atoms with Crippen molar-refractivity contribution in [1.82, 2.24) is 0 Å². The molecule has 0 bridgehead atoms. The van der Waals surface area contributed by atoms with E-state index in [4.69, 9.17) is 0 Å². The second-order valence-corrected chi connectivity index (χ2v) is 5.42. The molecule has 0 heterocycles. The second-order valence-electron chi connectivity index (χ2n) is 5.42. The molecule has 0 saturated heterocycles. The van der Waals surface area contributed by atoms with Gasteiger partial charge in [0.05, 0.1) is 0 Å². The fourth-order valence-electron chi connectivity index (χ4n) is 3.67. The van der Waals surface area contributed by atoms with E-state index in [1.54, 1.807) is 19.3 Å². The highest BCUT2D eigenvalue weighted by atomic mass is 14.4. The van der Waals surface area contributed by atoms with Crippen LogP contribution in [0, 0.1) is 11.3 Å². The molecule has 76 valence electrons. The van der Waals surface area contributed by atoms with Crippen molar-refractivity contribution in [2.24, 2.45) is 11.3 Å². The van der Waals surface area contributed by atoms with E-state index < -0.39 is 0 Å². The minimum Gasteiger partial charge on any atom is -0.0620 e. The first-order valence-corrected chi connectivity index (χ1v) is 6.33. The summed E-state index contributed by atoms with van der Waals surface area (Å²) in [6.07, 6.45) is 15.2. The summed E-state index contributed by atoms with van der Waals surface area (Å²) in [5.74, 6) is 1.03. The maximum atomic E-state index is 2.51. The van der Waals surface area contributed by atoms with Crippen molar-refractivity contribution < 1.29 is 0 Å². The Labute approximate surface area is 83.1 Å². The summed E-state index contributed by atoms with van der Waals surface area (Å²) < 4.78 is 0. The van der Waals surface area contributed by atoms with Gasteiger partial charge in [0.25, 0.3) is 0 Å². The van der Waals surface area contributed by atoms with E-state index in [-0.39, 0.29) is 0 Å². The summed E-state index contributed by atoms with van der Waals surface area (Å²) in [5, 5.41) is 0. The molecule has 1 atom stereocenters. The number of hydrogen-bond donors (Lipinski definition) is 0. The van der Waals surface area contributed by atoms with Crippen LogP contribution in [0.25, 0.3) is 0 Å². The molecule has 0 radical (unpaired) electrons. The molecule has 0 nitrogen and oxygen atoms in total. The standard InChI is InChI=1S/C13H24/c1-12-8-7-11-13(12)9-5-3-2-4-6-10-13/h12H,2-11H2,1H3. The van der Waals surface area contributed by atoms with E-state index in [1.165, 1.54) is 44.9 Å². The van der Waals surface area contributed by atoms with Crippen LogP contribution in [0.3, 0.4) is 0 Å². The fourth-order valence-corrected chi connectivity index (χ4v) is 3.67. The predicted octanol–water partition coefficient (Wildman–Crippen LogP) is 4.54. The average molecular weight is 180 g/mol. The van der Waals surface area contributed by atoms with E-state index in [0.29, 0.717) is 0 Å². The lowest BCUT2D eigenvalue weighted by Crippen LogP contribution is -2.24. The van der Waals surface area contributed by atoms with Crippen molar-refractivity contribution in [3.05, 3.63) is 0 Å². The van der Waals surface area contributed by atoms with Gasteiger partial charge in [0.15, 0.2) is 0 Å². The van der Waals surface area contributed by atoms with Gasteiger partial charge in [0.2, 0.25) is 0 Å². The molecule has 0 heteroatoms. The first-order valence-electron chi connectivity index (χ1n) is 6.33. The van der Waals surface area contributed by atoms with Gasteiger partial charge in [0.1, 0.15) is 0 Å². The summed E-state index contributed by atoms with van der Waals surface area (Å²) in [4.78, 5) is 0. The highest BCUT2D eigenvalue weighted by Gasteiger charge is 2.39. The predicted molar refractivity (Wildman–Crippen MR) is 57.8 cm³/mol. The van der Waals surface area contributed by atoms with Gasteiger partial charge in [-0.15, -0.1) is 0 Å². The van der Waals surface area contributed by atoms with Crippen molar-refractivity contribution in [3.63, 3.8) is 0 Å². The zero-order valence-corrected chi connectivity index (χ0v) is 9.15. The van der Waals surface area contributed by atoms with E-state index in [0.717, 1.165) is 11.3 Å². The molecular weight excluding hydrogens is 156 g/mol. The van der Waals surface area contributed by atoms with Crippen LogP contribution < -0.4 is 0 Å². The lowest BCUT2D eigenvalue weighted by Gasteiger charge is -2.35. The van der Waals surface area contributed by atoms with Crippen LogP contribution in [0.4, 0.5) is 0 Å². The molecule has 1 unspecified atom stereocenters. The Morgan fingerprint density at radius 3 is 1.85 bits per heavy atom. The Kier molecular flexibility index (Phi) is 2.96. The first-order chi connectivity index (χ1) is 6.33. The normalized spacial score (nSPS) is 34.4. The van der Waals surface area contributed by atoms with Gasteiger partial charge in [-0.05, 0) is 30.6 Å². The lowest BCUT2D eigenvalue weighted by atomic mass is 9.70. The number of hydrogen-bond acceptors (Lipinski definition) is 0. The molecule has 13 heavy (non-hydrogen) atoms.